The number of nitrogens with one attached hydrogen (secondary N) is 2. The maximum absolute atomic E-state index is 12.3. The van der Waals surface area contributed by atoms with Crippen LogP contribution in [0.15, 0.2) is 47.6 Å². The molecule has 0 atom stereocenters. The van der Waals surface area contributed by atoms with E-state index >= 15 is 0 Å². The number of amides is 1. The van der Waals surface area contributed by atoms with E-state index in [1.54, 1.807) is 43.6 Å². The summed E-state index contributed by atoms with van der Waals surface area (Å²) in [5, 5.41) is 2.66. The predicted octanol–water partition coefficient (Wildman–Crippen LogP) is 1.29. The fraction of sp³-hybridized carbons (Fsp3) is 0.250. The normalized spacial score (nSPS) is 11.2. The number of hydrogen-bond donors (Lipinski definition) is 2. The van der Waals surface area contributed by atoms with Gasteiger partial charge in [0.05, 0.1) is 11.4 Å². The van der Waals surface area contributed by atoms with Gasteiger partial charge in [0.1, 0.15) is 0 Å². The molecule has 0 bridgehead atoms. The van der Waals surface area contributed by atoms with Crippen LogP contribution in [-0.2, 0) is 21.4 Å². The van der Waals surface area contributed by atoms with Gasteiger partial charge in [0.2, 0.25) is 15.9 Å². The molecule has 1 aromatic carbocycles. The highest BCUT2D eigenvalue weighted by molar-refractivity contribution is 7.89. The zero-order valence-electron chi connectivity index (χ0n) is 13.0. The SMILES string of the molecule is Cc1ccc(C)c(S(=O)(=O)NCC(=O)NCc2ccncc2)c1. The zero-order valence-corrected chi connectivity index (χ0v) is 13.9. The average molecular weight is 333 g/mol. The Labute approximate surface area is 136 Å². The van der Waals surface area contributed by atoms with Crippen LogP contribution in [0.4, 0.5) is 0 Å². The lowest BCUT2D eigenvalue weighted by Crippen LogP contribution is -2.36. The Kier molecular flexibility index (Phi) is 5.46. The van der Waals surface area contributed by atoms with Crippen LogP contribution in [0, 0.1) is 13.8 Å². The molecule has 0 spiro atoms. The number of nitrogens with zero attached hydrogens (tertiary/aromatic N) is 1. The Morgan fingerprint density at radius 3 is 2.52 bits per heavy atom. The van der Waals surface area contributed by atoms with Gasteiger partial charge in [-0.3, -0.25) is 9.78 Å². The molecule has 7 heteroatoms. The molecule has 122 valence electrons. The van der Waals surface area contributed by atoms with E-state index in [1.165, 1.54) is 0 Å². The molecule has 0 fully saturated rings. The van der Waals surface area contributed by atoms with Gasteiger partial charge < -0.3 is 5.32 Å². The van der Waals surface area contributed by atoms with Crippen LogP contribution >= 0.6 is 0 Å². The lowest BCUT2D eigenvalue weighted by molar-refractivity contribution is -0.120. The third-order valence-corrected chi connectivity index (χ3v) is 4.84. The number of aryl methyl sites for hydroxylation is 2. The van der Waals surface area contributed by atoms with Crippen molar-refractivity contribution in [2.24, 2.45) is 0 Å². The Bertz CT molecular complexity index is 789. The summed E-state index contributed by atoms with van der Waals surface area (Å²) in [5.41, 5.74) is 2.38. The highest BCUT2D eigenvalue weighted by Gasteiger charge is 2.17. The summed E-state index contributed by atoms with van der Waals surface area (Å²) in [6, 6.07) is 8.73. The first-order chi connectivity index (χ1) is 10.9. The van der Waals surface area contributed by atoms with Gasteiger partial charge in [0.25, 0.3) is 0 Å². The van der Waals surface area contributed by atoms with Gasteiger partial charge in [-0.05, 0) is 48.7 Å². The molecule has 2 aromatic rings. The highest BCUT2D eigenvalue weighted by Crippen LogP contribution is 2.16. The van der Waals surface area contributed by atoms with Gasteiger partial charge >= 0.3 is 0 Å². The lowest BCUT2D eigenvalue weighted by Gasteiger charge is -2.10. The molecule has 23 heavy (non-hydrogen) atoms. The molecule has 0 unspecified atom stereocenters. The first-order valence-corrected chi connectivity index (χ1v) is 8.59. The number of hydrogen-bond acceptors (Lipinski definition) is 4. The van der Waals surface area contributed by atoms with Crippen LogP contribution in [0.3, 0.4) is 0 Å². The van der Waals surface area contributed by atoms with E-state index < -0.39 is 15.9 Å². The molecule has 2 rings (SSSR count). The van der Waals surface area contributed by atoms with Crippen molar-refractivity contribution in [2.75, 3.05) is 6.54 Å². The van der Waals surface area contributed by atoms with Gasteiger partial charge in [-0.15, -0.1) is 0 Å². The van der Waals surface area contributed by atoms with Gasteiger partial charge in [-0.1, -0.05) is 12.1 Å². The van der Waals surface area contributed by atoms with Crippen LogP contribution < -0.4 is 10.0 Å². The van der Waals surface area contributed by atoms with E-state index in [1.807, 2.05) is 13.0 Å². The van der Waals surface area contributed by atoms with Crippen molar-refractivity contribution in [3.8, 4) is 0 Å². The van der Waals surface area contributed by atoms with E-state index in [9.17, 15) is 13.2 Å². The van der Waals surface area contributed by atoms with Crippen molar-refractivity contribution in [3.05, 3.63) is 59.4 Å². The maximum Gasteiger partial charge on any atom is 0.241 e. The zero-order chi connectivity index (χ0) is 16.9. The smallest absolute Gasteiger partial charge is 0.241 e. The minimum atomic E-state index is -3.71. The van der Waals surface area contributed by atoms with Crippen molar-refractivity contribution in [1.82, 2.24) is 15.0 Å². The van der Waals surface area contributed by atoms with Crippen LogP contribution in [0.2, 0.25) is 0 Å². The molecular weight excluding hydrogens is 314 g/mol. The number of benzene rings is 1. The van der Waals surface area contributed by atoms with Gasteiger partial charge in [-0.25, -0.2) is 13.1 Å². The van der Waals surface area contributed by atoms with Crippen LogP contribution in [0.25, 0.3) is 0 Å². The van der Waals surface area contributed by atoms with Crippen molar-refractivity contribution < 1.29 is 13.2 Å². The Morgan fingerprint density at radius 1 is 1.13 bits per heavy atom. The quantitative estimate of drug-likeness (QED) is 0.834. The lowest BCUT2D eigenvalue weighted by atomic mass is 10.2. The number of sulfonamides is 1. The van der Waals surface area contributed by atoms with Crippen molar-refractivity contribution >= 4 is 15.9 Å². The molecule has 6 nitrogen and oxygen atoms in total. The molecule has 0 aliphatic rings. The first-order valence-electron chi connectivity index (χ1n) is 7.11. The minimum Gasteiger partial charge on any atom is -0.351 e. The summed E-state index contributed by atoms with van der Waals surface area (Å²) in [6.45, 7) is 3.56. The van der Waals surface area contributed by atoms with E-state index in [2.05, 4.69) is 15.0 Å². The number of aromatic nitrogens is 1. The average Bonchev–Trinajstić information content (AvgIpc) is 2.54. The van der Waals surface area contributed by atoms with Gasteiger partial charge in [0, 0.05) is 18.9 Å². The summed E-state index contributed by atoms with van der Waals surface area (Å²) in [4.78, 5) is 15.9. The van der Waals surface area contributed by atoms with Crippen LogP contribution in [0.1, 0.15) is 16.7 Å². The second-order valence-electron chi connectivity index (χ2n) is 5.23. The molecule has 0 saturated carbocycles. The second kappa shape index (κ2) is 7.34. The van der Waals surface area contributed by atoms with Crippen molar-refractivity contribution in [1.29, 1.82) is 0 Å². The fourth-order valence-corrected chi connectivity index (χ4v) is 3.31. The molecule has 0 saturated heterocycles. The number of pyridine rings is 1. The first kappa shape index (κ1) is 17.1. The molecule has 1 heterocycles. The number of carbonyl (C=O) groups excluding carboxylic acids is 1. The predicted molar refractivity (Wildman–Crippen MR) is 87.2 cm³/mol. The monoisotopic (exact) mass is 333 g/mol. The molecule has 1 aromatic heterocycles. The Hall–Kier alpha value is -2.25. The topological polar surface area (TPSA) is 88.2 Å². The summed E-state index contributed by atoms with van der Waals surface area (Å²) < 4.78 is 26.9. The molecular formula is C16H19N3O3S. The molecule has 0 radical (unpaired) electrons. The third-order valence-electron chi connectivity index (χ3n) is 3.29. The standard InChI is InChI=1S/C16H19N3O3S/c1-12-3-4-13(2)15(9-12)23(21,22)19-11-16(20)18-10-14-5-7-17-8-6-14/h3-9,19H,10-11H2,1-2H3,(H,18,20). The van der Waals surface area contributed by atoms with Crippen molar-refractivity contribution in [2.45, 2.75) is 25.3 Å². The van der Waals surface area contributed by atoms with E-state index in [0.29, 0.717) is 12.1 Å². The van der Waals surface area contributed by atoms with Crippen molar-refractivity contribution in [3.63, 3.8) is 0 Å². The van der Waals surface area contributed by atoms with E-state index in [-0.39, 0.29) is 11.4 Å². The largest absolute Gasteiger partial charge is 0.351 e. The minimum absolute atomic E-state index is 0.194. The molecule has 2 N–H and O–H groups in total. The van der Waals surface area contributed by atoms with Crippen LogP contribution in [-0.4, -0.2) is 25.9 Å². The summed E-state index contributed by atoms with van der Waals surface area (Å²) in [5.74, 6) is -0.393. The fourth-order valence-electron chi connectivity index (χ4n) is 2.00. The second-order valence-corrected chi connectivity index (χ2v) is 6.96. The Balaban J connectivity index is 1.94. The molecule has 0 aliphatic carbocycles. The molecule has 0 aliphatic heterocycles. The highest BCUT2D eigenvalue weighted by atomic mass is 32.2. The van der Waals surface area contributed by atoms with Gasteiger partial charge in [-0.2, -0.15) is 0 Å². The van der Waals surface area contributed by atoms with Gasteiger partial charge in [0.15, 0.2) is 0 Å². The number of carbonyl (C=O) groups is 1. The molecule has 1 amide bonds. The number of rotatable bonds is 6. The van der Waals surface area contributed by atoms with Crippen LogP contribution in [0.5, 0.6) is 0 Å². The Morgan fingerprint density at radius 2 is 1.83 bits per heavy atom. The summed E-state index contributed by atoms with van der Waals surface area (Å²) in [6.07, 6.45) is 3.26. The third kappa shape index (κ3) is 4.87. The summed E-state index contributed by atoms with van der Waals surface area (Å²) in [7, 11) is -3.71. The van der Waals surface area contributed by atoms with E-state index in [4.69, 9.17) is 0 Å². The maximum atomic E-state index is 12.3. The summed E-state index contributed by atoms with van der Waals surface area (Å²) >= 11 is 0. The van der Waals surface area contributed by atoms with E-state index in [0.717, 1.165) is 11.1 Å².